The van der Waals surface area contributed by atoms with Crippen molar-refractivity contribution >= 4 is 23.8 Å². The third kappa shape index (κ3) is 5.23. The largest absolute Gasteiger partial charge is 0.459 e. The molecule has 9 nitrogen and oxygen atoms in total. The van der Waals surface area contributed by atoms with Gasteiger partial charge in [0.2, 0.25) is 5.91 Å². The first-order valence-electron chi connectivity index (χ1n) is 16.7. The molecule has 1 spiro atoms. The van der Waals surface area contributed by atoms with Crippen LogP contribution in [0.3, 0.4) is 0 Å². The number of ether oxygens (including phenoxy) is 2. The van der Waals surface area contributed by atoms with Crippen LogP contribution in [0.2, 0.25) is 0 Å². The van der Waals surface area contributed by atoms with Gasteiger partial charge in [0, 0.05) is 29.7 Å². The first-order valence-corrected chi connectivity index (χ1v) is 16.7. The van der Waals surface area contributed by atoms with Gasteiger partial charge in [-0.1, -0.05) is 33.8 Å². The maximum Gasteiger partial charge on any atom is 0.416 e. The highest BCUT2D eigenvalue weighted by molar-refractivity contribution is 5.97. The zero-order valence-corrected chi connectivity index (χ0v) is 27.9. The van der Waals surface area contributed by atoms with Crippen LogP contribution in [-0.4, -0.2) is 82.6 Å². The summed E-state index contributed by atoms with van der Waals surface area (Å²) in [7, 11) is 0. The lowest BCUT2D eigenvalue weighted by molar-refractivity contribution is -0.193. The van der Waals surface area contributed by atoms with Gasteiger partial charge in [0.1, 0.15) is 17.5 Å². The minimum Gasteiger partial charge on any atom is -0.459 e. The normalized spacial score (nSPS) is 40.7. The molecule has 0 aromatic rings. The number of aliphatic hydroxyl groups is 1. The molecule has 3 unspecified atom stereocenters. The van der Waals surface area contributed by atoms with Gasteiger partial charge < -0.3 is 14.6 Å². The van der Waals surface area contributed by atoms with Gasteiger partial charge in [-0.05, 0) is 96.1 Å². The Morgan fingerprint density at radius 3 is 2.30 bits per heavy atom. The average Bonchev–Trinajstić information content (AvgIpc) is 3.47. The summed E-state index contributed by atoms with van der Waals surface area (Å²) >= 11 is 0. The van der Waals surface area contributed by atoms with Crippen LogP contribution in [0, 0.1) is 39.4 Å². The monoisotopic (exact) mass is 614 g/mol. The fourth-order valence-electron chi connectivity index (χ4n) is 9.84. The van der Waals surface area contributed by atoms with E-state index in [2.05, 4.69) is 27.4 Å². The van der Waals surface area contributed by atoms with E-state index in [4.69, 9.17) is 9.47 Å². The van der Waals surface area contributed by atoms with Gasteiger partial charge in [-0.3, -0.25) is 19.3 Å². The van der Waals surface area contributed by atoms with Crippen molar-refractivity contribution in [2.75, 3.05) is 26.2 Å². The summed E-state index contributed by atoms with van der Waals surface area (Å²) in [5.41, 5.74) is -2.92. The van der Waals surface area contributed by atoms with Gasteiger partial charge >= 0.3 is 12.1 Å². The zero-order chi connectivity index (χ0) is 32.5. The number of hydrogen-bond donors (Lipinski definition) is 1. The molecular weight excluding hydrogens is 560 g/mol. The van der Waals surface area contributed by atoms with Crippen LogP contribution in [0.25, 0.3) is 0 Å². The van der Waals surface area contributed by atoms with E-state index in [0.717, 1.165) is 19.3 Å². The Hall–Kier alpha value is -2.26. The van der Waals surface area contributed by atoms with E-state index < -0.39 is 40.1 Å². The highest BCUT2D eigenvalue weighted by atomic mass is 16.6. The first kappa shape index (κ1) is 33.1. The van der Waals surface area contributed by atoms with Crippen LogP contribution in [-0.2, 0) is 23.9 Å². The van der Waals surface area contributed by atoms with Gasteiger partial charge in [0.05, 0.1) is 18.1 Å². The maximum atomic E-state index is 14.0. The summed E-state index contributed by atoms with van der Waals surface area (Å²) in [6.45, 7) is 19.6. The molecule has 246 valence electrons. The number of esters is 1. The molecule has 5 rings (SSSR count). The Morgan fingerprint density at radius 1 is 1.05 bits per heavy atom. The Labute approximate surface area is 263 Å². The Bertz CT molecular complexity index is 1200. The highest BCUT2D eigenvalue weighted by Gasteiger charge is 2.68. The fourth-order valence-corrected chi connectivity index (χ4v) is 9.84. The summed E-state index contributed by atoms with van der Waals surface area (Å²) < 4.78 is 11.9. The number of Topliss-reactive ketones (excluding diaryl/α,β-unsaturated/α-hetero) is 1. The smallest absolute Gasteiger partial charge is 0.416 e. The average molecular weight is 615 g/mol. The number of hydrogen-bond acceptors (Lipinski definition) is 8. The van der Waals surface area contributed by atoms with Crippen molar-refractivity contribution < 1.29 is 33.8 Å². The van der Waals surface area contributed by atoms with Crippen molar-refractivity contribution in [1.82, 2.24) is 9.80 Å². The third-order valence-electron chi connectivity index (χ3n) is 12.9. The lowest BCUT2D eigenvalue weighted by Crippen LogP contribution is -2.63. The number of amides is 2. The van der Waals surface area contributed by atoms with E-state index in [1.807, 2.05) is 32.6 Å². The number of nitrogens with zero attached hydrogens (tertiary/aromatic N) is 2. The van der Waals surface area contributed by atoms with Crippen LogP contribution < -0.4 is 0 Å². The van der Waals surface area contributed by atoms with Crippen molar-refractivity contribution in [1.29, 1.82) is 0 Å². The number of carbonyl (C=O) groups excluding carboxylic acids is 4. The summed E-state index contributed by atoms with van der Waals surface area (Å²) in [4.78, 5) is 57.2. The lowest BCUT2D eigenvalue weighted by atomic mass is 9.44. The second-order valence-electron chi connectivity index (χ2n) is 16.3. The molecule has 5 fully saturated rings. The molecule has 2 heterocycles. The predicted molar refractivity (Wildman–Crippen MR) is 165 cm³/mol. The van der Waals surface area contributed by atoms with E-state index in [-0.39, 0.29) is 53.9 Å². The molecule has 2 saturated heterocycles. The highest BCUT2D eigenvalue weighted by Crippen LogP contribution is 2.68. The number of carbonyl (C=O) groups is 4. The minimum absolute atomic E-state index is 0.105. The molecule has 2 bridgehead atoms. The molecule has 44 heavy (non-hydrogen) atoms. The molecule has 2 amide bonds. The maximum absolute atomic E-state index is 14.0. The molecule has 1 N–H and O–H groups in total. The molecule has 3 saturated carbocycles. The van der Waals surface area contributed by atoms with Gasteiger partial charge in [0.15, 0.2) is 0 Å². The van der Waals surface area contributed by atoms with E-state index in [1.54, 1.807) is 6.08 Å². The fraction of sp³-hybridized carbons (Fsp3) is 0.829. The molecule has 2 aliphatic heterocycles. The van der Waals surface area contributed by atoms with E-state index in [9.17, 15) is 24.3 Å². The van der Waals surface area contributed by atoms with Crippen molar-refractivity contribution in [3.8, 4) is 0 Å². The number of imide groups is 1. The van der Waals surface area contributed by atoms with Crippen molar-refractivity contribution in [3.63, 3.8) is 0 Å². The Morgan fingerprint density at radius 2 is 1.68 bits per heavy atom. The van der Waals surface area contributed by atoms with Crippen molar-refractivity contribution in [2.45, 2.75) is 118 Å². The summed E-state index contributed by atoms with van der Waals surface area (Å²) in [6.07, 6.45) is 4.72. The molecule has 5 aliphatic rings. The van der Waals surface area contributed by atoms with E-state index >= 15 is 0 Å². The Balaban J connectivity index is 1.35. The molecular formula is C35H54N2O7. The molecule has 0 aromatic heterocycles. The number of rotatable bonds is 4. The van der Waals surface area contributed by atoms with Crippen LogP contribution in [0.1, 0.15) is 99.8 Å². The molecule has 0 aromatic carbocycles. The van der Waals surface area contributed by atoms with Gasteiger partial charge in [0.25, 0.3) is 0 Å². The Kier molecular flexibility index (Phi) is 8.44. The van der Waals surface area contributed by atoms with Gasteiger partial charge in [-0.2, -0.15) is 0 Å². The van der Waals surface area contributed by atoms with Crippen LogP contribution in [0.4, 0.5) is 4.79 Å². The standard InChI is InChI=1S/C35H54N2O7/c1-9-32(7)20-25(33(8)22(2)10-12-35(23(3)28(32)40)13-11-24(38)27(33)35)43-30(42)37-19-16-34(29(37)41)14-17-36(18-15-34)21-26(39)44-31(4,5)6/h9,22-23,25,27-28,40H,1,10-21H2,2-8H3/t22?,23-,25+,27?,28-,32+,33-,35?/m0/s1. The summed E-state index contributed by atoms with van der Waals surface area (Å²) in [5, 5.41) is 11.8. The van der Waals surface area contributed by atoms with E-state index in [1.165, 1.54) is 4.90 Å². The minimum atomic E-state index is -0.741. The molecule has 0 radical (unpaired) electrons. The number of ketones is 1. The van der Waals surface area contributed by atoms with Crippen LogP contribution in [0.15, 0.2) is 12.7 Å². The van der Waals surface area contributed by atoms with Gasteiger partial charge in [-0.15, -0.1) is 6.58 Å². The second kappa shape index (κ2) is 11.2. The quantitative estimate of drug-likeness (QED) is 0.342. The van der Waals surface area contributed by atoms with Gasteiger partial charge in [-0.25, -0.2) is 9.69 Å². The third-order valence-corrected chi connectivity index (χ3v) is 12.9. The van der Waals surface area contributed by atoms with Crippen molar-refractivity contribution in [3.05, 3.63) is 12.7 Å². The predicted octanol–water partition coefficient (Wildman–Crippen LogP) is 5.14. The zero-order valence-electron chi connectivity index (χ0n) is 27.9. The van der Waals surface area contributed by atoms with Crippen LogP contribution >= 0.6 is 0 Å². The summed E-state index contributed by atoms with van der Waals surface area (Å²) in [5.74, 6) is -0.588. The topological polar surface area (TPSA) is 113 Å². The molecule has 3 aliphatic carbocycles. The summed E-state index contributed by atoms with van der Waals surface area (Å²) in [6, 6.07) is 0. The molecule has 9 heteroatoms. The SMILES string of the molecule is C=C[C@]1(C)C[C@@H](OC(=O)N2CCC3(CCN(CC(=O)OC(C)(C)C)CC3)C2=O)[C@]2(C)C(C)CCC3(CCC(=O)C32)[C@@H](C)[C@@H]1O. The molecule has 8 atom stereocenters. The second-order valence-corrected chi connectivity index (χ2v) is 16.3. The first-order chi connectivity index (χ1) is 20.4. The van der Waals surface area contributed by atoms with E-state index in [0.29, 0.717) is 45.2 Å². The number of piperidine rings is 1. The lowest BCUT2D eigenvalue weighted by Gasteiger charge is -2.61. The van der Waals surface area contributed by atoms with Crippen molar-refractivity contribution in [2.24, 2.45) is 39.4 Å². The van der Waals surface area contributed by atoms with Crippen LogP contribution in [0.5, 0.6) is 0 Å². The number of likely N-dealkylation sites (tertiary alicyclic amines) is 2. The number of aliphatic hydroxyl groups excluding tert-OH is 1.